The molecule has 15 heavy (non-hydrogen) atoms. The summed E-state index contributed by atoms with van der Waals surface area (Å²) in [7, 11) is 0. The lowest BCUT2D eigenvalue weighted by molar-refractivity contribution is 0.234. The highest BCUT2D eigenvalue weighted by Crippen LogP contribution is 2.21. The van der Waals surface area contributed by atoms with Crippen LogP contribution in [-0.4, -0.2) is 23.5 Å². The maximum absolute atomic E-state index is 3.36. The molecule has 1 fully saturated rings. The van der Waals surface area contributed by atoms with Gasteiger partial charge in [-0.3, -0.25) is 4.90 Å². The zero-order valence-corrected chi connectivity index (χ0v) is 10.9. The molecule has 1 rings (SSSR count). The lowest BCUT2D eigenvalue weighted by Crippen LogP contribution is -2.34. The average Bonchev–Trinajstić information content (AvgIpc) is 2.49. The van der Waals surface area contributed by atoms with Crippen LogP contribution < -0.4 is 0 Å². The molecular formula is C14H25N. The molecule has 0 aromatic carbocycles. The summed E-state index contributed by atoms with van der Waals surface area (Å²) in [5.74, 6) is 0. The maximum Gasteiger partial charge on any atom is 0.0355 e. The molecule has 0 aliphatic carbocycles. The van der Waals surface area contributed by atoms with E-state index < -0.39 is 0 Å². The van der Waals surface area contributed by atoms with Gasteiger partial charge in [0.1, 0.15) is 0 Å². The molecule has 1 atom stereocenters. The second-order valence-corrected chi connectivity index (χ2v) is 5.88. The first-order valence-corrected chi connectivity index (χ1v) is 6.09. The third kappa shape index (κ3) is 4.24. The summed E-state index contributed by atoms with van der Waals surface area (Å²) in [6.45, 7) is 12.4. The van der Waals surface area contributed by atoms with Crippen molar-refractivity contribution in [2.24, 2.45) is 5.41 Å². The van der Waals surface area contributed by atoms with E-state index >= 15 is 0 Å². The van der Waals surface area contributed by atoms with Gasteiger partial charge in [-0.25, -0.2) is 0 Å². The van der Waals surface area contributed by atoms with E-state index in [0.717, 1.165) is 0 Å². The van der Waals surface area contributed by atoms with Crippen LogP contribution in [0.3, 0.4) is 0 Å². The monoisotopic (exact) mass is 207 g/mol. The molecule has 1 aliphatic heterocycles. The minimum Gasteiger partial charge on any atom is -0.294 e. The molecule has 86 valence electrons. The highest BCUT2D eigenvalue weighted by atomic mass is 15.2. The normalized spacial score (nSPS) is 22.9. The van der Waals surface area contributed by atoms with E-state index in [4.69, 9.17) is 0 Å². The molecule has 0 aromatic rings. The minimum absolute atomic E-state index is 0.248. The van der Waals surface area contributed by atoms with Crippen LogP contribution in [0.5, 0.6) is 0 Å². The first-order valence-electron chi connectivity index (χ1n) is 6.09. The highest BCUT2D eigenvalue weighted by molar-refractivity contribution is 5.01. The lowest BCUT2D eigenvalue weighted by Gasteiger charge is -2.25. The molecular weight excluding hydrogens is 182 g/mol. The smallest absolute Gasteiger partial charge is 0.0355 e. The van der Waals surface area contributed by atoms with Crippen molar-refractivity contribution in [2.75, 3.05) is 6.54 Å². The Bertz CT molecular complexity index is 251. The molecule has 1 saturated heterocycles. The molecule has 0 saturated carbocycles. The zero-order valence-electron chi connectivity index (χ0n) is 10.9. The van der Waals surface area contributed by atoms with E-state index in [1.807, 2.05) is 0 Å². The summed E-state index contributed by atoms with van der Waals surface area (Å²) >= 11 is 0. The zero-order chi connectivity index (χ0) is 11.5. The van der Waals surface area contributed by atoms with Crippen LogP contribution in [0.1, 0.15) is 47.5 Å². The van der Waals surface area contributed by atoms with Crippen molar-refractivity contribution in [1.29, 1.82) is 0 Å². The Hall–Kier alpha value is -0.520. The summed E-state index contributed by atoms with van der Waals surface area (Å²) in [5.41, 5.74) is 3.61. The summed E-state index contributed by atoms with van der Waals surface area (Å²) in [4.78, 5) is 2.56. The predicted molar refractivity (Wildman–Crippen MR) is 67.0 cm³/mol. The number of nitrogens with zero attached hydrogens (tertiary/aromatic N) is 1. The molecule has 0 spiro atoms. The summed E-state index contributed by atoms with van der Waals surface area (Å²) in [5, 5.41) is 0. The van der Waals surface area contributed by atoms with Crippen LogP contribution in [0, 0.1) is 5.41 Å². The van der Waals surface area contributed by atoms with E-state index in [-0.39, 0.29) is 5.41 Å². The molecule has 0 bridgehead atoms. The first kappa shape index (κ1) is 12.5. The minimum atomic E-state index is 0.248. The Balaban J connectivity index is 2.61. The van der Waals surface area contributed by atoms with Crippen LogP contribution in [0.25, 0.3) is 0 Å². The summed E-state index contributed by atoms with van der Waals surface area (Å²) < 4.78 is 0. The Morgan fingerprint density at radius 3 is 2.53 bits per heavy atom. The van der Waals surface area contributed by atoms with Crippen LogP contribution in [-0.2, 0) is 0 Å². The molecule has 0 amide bonds. The molecule has 0 radical (unpaired) electrons. The van der Waals surface area contributed by atoms with Crippen LogP contribution in [0.4, 0.5) is 0 Å². The molecule has 1 heterocycles. The topological polar surface area (TPSA) is 3.24 Å². The van der Waals surface area contributed by atoms with Crippen molar-refractivity contribution in [1.82, 2.24) is 4.90 Å². The van der Waals surface area contributed by atoms with Gasteiger partial charge in [-0.15, -0.1) is 5.73 Å². The largest absolute Gasteiger partial charge is 0.294 e. The summed E-state index contributed by atoms with van der Waals surface area (Å²) in [6, 6.07) is 1.27. The fourth-order valence-electron chi connectivity index (χ4n) is 2.04. The van der Waals surface area contributed by atoms with Gasteiger partial charge in [-0.2, -0.15) is 0 Å². The van der Waals surface area contributed by atoms with Gasteiger partial charge in [0, 0.05) is 12.1 Å². The number of rotatable bonds is 2. The van der Waals surface area contributed by atoms with Gasteiger partial charge in [-0.1, -0.05) is 20.8 Å². The Labute approximate surface area is 94.9 Å². The standard InChI is InChI=1S/C14H25N/c1-12(2)15-11-7-9-13(15)8-6-10-14(3,4)5/h8,10,12-13H,7,9,11H2,1-5H3. The quantitative estimate of drug-likeness (QED) is 0.625. The van der Waals surface area contributed by atoms with Crippen molar-refractivity contribution in [3.8, 4) is 0 Å². The Morgan fingerprint density at radius 2 is 2.00 bits per heavy atom. The van der Waals surface area contributed by atoms with Gasteiger partial charge in [0.05, 0.1) is 0 Å². The van der Waals surface area contributed by atoms with Crippen molar-refractivity contribution in [3.05, 3.63) is 17.9 Å². The van der Waals surface area contributed by atoms with Gasteiger partial charge >= 0.3 is 0 Å². The van der Waals surface area contributed by atoms with Crippen LogP contribution in [0.15, 0.2) is 17.9 Å². The van der Waals surface area contributed by atoms with E-state index in [2.05, 4.69) is 57.4 Å². The Kier molecular flexibility index (Phi) is 4.19. The number of likely N-dealkylation sites (tertiary alicyclic amines) is 1. The van der Waals surface area contributed by atoms with Crippen molar-refractivity contribution in [3.63, 3.8) is 0 Å². The van der Waals surface area contributed by atoms with E-state index in [9.17, 15) is 0 Å². The molecule has 0 N–H and O–H groups in total. The SMILES string of the molecule is CC(C)N1CCCC1C=C=CC(C)(C)C. The van der Waals surface area contributed by atoms with E-state index in [0.29, 0.717) is 12.1 Å². The van der Waals surface area contributed by atoms with Crippen molar-refractivity contribution >= 4 is 0 Å². The average molecular weight is 207 g/mol. The highest BCUT2D eigenvalue weighted by Gasteiger charge is 2.23. The van der Waals surface area contributed by atoms with Gasteiger partial charge in [0.15, 0.2) is 0 Å². The predicted octanol–water partition coefficient (Wildman–Crippen LogP) is 3.62. The fraction of sp³-hybridized carbons (Fsp3) is 0.786. The maximum atomic E-state index is 3.36. The third-order valence-electron chi connectivity index (χ3n) is 2.81. The molecule has 1 heteroatoms. The van der Waals surface area contributed by atoms with Gasteiger partial charge in [0.2, 0.25) is 0 Å². The molecule has 1 nitrogen and oxygen atoms in total. The lowest BCUT2D eigenvalue weighted by atomic mass is 9.97. The second-order valence-electron chi connectivity index (χ2n) is 5.88. The van der Waals surface area contributed by atoms with E-state index in [1.165, 1.54) is 19.4 Å². The first-order chi connectivity index (χ1) is 6.90. The summed E-state index contributed by atoms with van der Waals surface area (Å²) in [6.07, 6.45) is 7.04. The van der Waals surface area contributed by atoms with Crippen LogP contribution in [0.2, 0.25) is 0 Å². The number of hydrogen-bond acceptors (Lipinski definition) is 1. The molecule has 1 aliphatic rings. The van der Waals surface area contributed by atoms with Crippen molar-refractivity contribution in [2.45, 2.75) is 59.5 Å². The number of hydrogen-bond donors (Lipinski definition) is 0. The Morgan fingerprint density at radius 1 is 1.33 bits per heavy atom. The molecule has 0 aromatic heterocycles. The fourth-order valence-corrected chi connectivity index (χ4v) is 2.04. The van der Waals surface area contributed by atoms with Gasteiger partial charge in [0.25, 0.3) is 0 Å². The van der Waals surface area contributed by atoms with Crippen molar-refractivity contribution < 1.29 is 0 Å². The van der Waals surface area contributed by atoms with Gasteiger partial charge in [-0.05, 0) is 50.8 Å². The van der Waals surface area contributed by atoms with Crippen LogP contribution >= 0.6 is 0 Å². The third-order valence-corrected chi connectivity index (χ3v) is 2.81. The van der Waals surface area contributed by atoms with Gasteiger partial charge < -0.3 is 0 Å². The van der Waals surface area contributed by atoms with E-state index in [1.54, 1.807) is 0 Å². The molecule has 1 unspecified atom stereocenters. The second kappa shape index (κ2) is 5.01.